The van der Waals surface area contributed by atoms with E-state index in [-0.39, 0.29) is 6.04 Å². The maximum absolute atomic E-state index is 6.21. The molecule has 4 aromatic rings. The number of hydrogen-bond acceptors (Lipinski definition) is 6. The zero-order valence-corrected chi connectivity index (χ0v) is 19.1. The Hall–Kier alpha value is -3.29. The molecule has 0 aliphatic carbocycles. The molecule has 1 aliphatic rings. The first-order chi connectivity index (χ1) is 16.3. The van der Waals surface area contributed by atoms with Crippen LogP contribution in [0, 0.1) is 0 Å². The normalized spacial score (nSPS) is 15.5. The summed E-state index contributed by atoms with van der Waals surface area (Å²) < 4.78 is 1.95. The summed E-state index contributed by atoms with van der Waals surface area (Å²) in [6.45, 7) is 4.34. The molecule has 1 saturated heterocycles. The van der Waals surface area contributed by atoms with Gasteiger partial charge in [0.2, 0.25) is 0 Å². The highest BCUT2D eigenvalue weighted by atomic mass is 35.5. The number of anilines is 1. The maximum atomic E-state index is 6.21. The van der Waals surface area contributed by atoms with Crippen molar-refractivity contribution in [1.82, 2.24) is 30.1 Å². The molecule has 0 bridgehead atoms. The molecule has 3 heterocycles. The van der Waals surface area contributed by atoms with Crippen LogP contribution in [0.25, 0.3) is 0 Å². The third-order valence-corrected chi connectivity index (χ3v) is 6.37. The van der Waals surface area contributed by atoms with Crippen LogP contribution >= 0.6 is 11.6 Å². The number of halogens is 1. The SMILES string of the molecule is Clc1cccc(N2CCN([C@@H](c3ccncc3)c3nnnn3CCc3ccccc3)CC2)c1. The Balaban J connectivity index is 1.37. The number of pyridine rings is 1. The van der Waals surface area contributed by atoms with Crippen LogP contribution in [0.3, 0.4) is 0 Å². The van der Waals surface area contributed by atoms with E-state index < -0.39 is 0 Å². The molecule has 0 radical (unpaired) electrons. The van der Waals surface area contributed by atoms with Crippen molar-refractivity contribution in [2.24, 2.45) is 0 Å². The minimum atomic E-state index is -0.0275. The Morgan fingerprint density at radius 1 is 0.879 bits per heavy atom. The van der Waals surface area contributed by atoms with Crippen molar-refractivity contribution < 1.29 is 0 Å². The monoisotopic (exact) mass is 459 g/mol. The van der Waals surface area contributed by atoms with E-state index in [1.807, 2.05) is 41.3 Å². The van der Waals surface area contributed by atoms with E-state index in [4.69, 9.17) is 11.6 Å². The van der Waals surface area contributed by atoms with Crippen molar-refractivity contribution in [1.29, 1.82) is 0 Å². The quantitative estimate of drug-likeness (QED) is 0.418. The van der Waals surface area contributed by atoms with Gasteiger partial charge in [-0.1, -0.05) is 48.0 Å². The second-order valence-corrected chi connectivity index (χ2v) is 8.62. The van der Waals surface area contributed by atoms with Gasteiger partial charge in [0.05, 0.1) is 6.04 Å². The Morgan fingerprint density at radius 2 is 1.67 bits per heavy atom. The highest BCUT2D eigenvalue weighted by molar-refractivity contribution is 6.30. The van der Waals surface area contributed by atoms with Crippen LogP contribution < -0.4 is 4.90 Å². The predicted molar refractivity (Wildman–Crippen MR) is 129 cm³/mol. The average Bonchev–Trinajstić information content (AvgIpc) is 3.33. The number of piperazine rings is 1. The molecule has 1 fully saturated rings. The van der Waals surface area contributed by atoms with Crippen molar-refractivity contribution >= 4 is 17.3 Å². The third-order valence-electron chi connectivity index (χ3n) is 6.13. The zero-order chi connectivity index (χ0) is 22.5. The first kappa shape index (κ1) is 21.6. The lowest BCUT2D eigenvalue weighted by Crippen LogP contribution is -2.48. The molecular weight excluding hydrogens is 434 g/mol. The fraction of sp³-hybridized carbons (Fsp3) is 0.280. The first-order valence-electron chi connectivity index (χ1n) is 11.2. The van der Waals surface area contributed by atoms with Gasteiger partial charge in [-0.15, -0.1) is 5.10 Å². The Morgan fingerprint density at radius 3 is 2.42 bits per heavy atom. The molecule has 5 rings (SSSR count). The maximum Gasteiger partial charge on any atom is 0.173 e. The third kappa shape index (κ3) is 5.05. The average molecular weight is 460 g/mol. The van der Waals surface area contributed by atoms with Crippen LogP contribution in [-0.4, -0.2) is 56.3 Å². The summed E-state index contributed by atoms with van der Waals surface area (Å²) in [5.74, 6) is 0.869. The van der Waals surface area contributed by atoms with Crippen molar-refractivity contribution in [3.05, 3.63) is 101 Å². The molecule has 0 spiro atoms. The van der Waals surface area contributed by atoms with Gasteiger partial charge in [-0.3, -0.25) is 9.88 Å². The van der Waals surface area contributed by atoms with E-state index in [0.717, 1.165) is 61.2 Å². The minimum absolute atomic E-state index is 0.0275. The number of nitrogens with zero attached hydrogens (tertiary/aromatic N) is 7. The van der Waals surface area contributed by atoms with Gasteiger partial charge >= 0.3 is 0 Å². The highest BCUT2D eigenvalue weighted by Crippen LogP contribution is 2.29. The van der Waals surface area contributed by atoms with Crippen LogP contribution in [0.4, 0.5) is 5.69 Å². The number of rotatable bonds is 7. The van der Waals surface area contributed by atoms with Crippen molar-refractivity contribution in [2.45, 2.75) is 19.0 Å². The molecule has 0 saturated carbocycles. The van der Waals surface area contributed by atoms with Crippen LogP contribution in [0.1, 0.15) is 23.0 Å². The number of aryl methyl sites for hydroxylation is 2. The van der Waals surface area contributed by atoms with Gasteiger partial charge in [0.25, 0.3) is 0 Å². The summed E-state index contributed by atoms with van der Waals surface area (Å²) in [5.41, 5.74) is 3.59. The number of tetrazole rings is 1. The predicted octanol–water partition coefficient (Wildman–Crippen LogP) is 3.88. The summed E-state index contributed by atoms with van der Waals surface area (Å²) >= 11 is 6.21. The van der Waals surface area contributed by atoms with Crippen molar-refractivity contribution in [2.75, 3.05) is 31.1 Å². The van der Waals surface area contributed by atoms with Gasteiger partial charge in [-0.2, -0.15) is 0 Å². The van der Waals surface area contributed by atoms with Gasteiger partial charge < -0.3 is 4.90 Å². The standard InChI is InChI=1S/C25H26ClN7/c26-22-7-4-8-23(19-22)31-15-17-32(18-16-31)24(21-9-12-27-13-10-21)25-28-29-30-33(25)14-11-20-5-2-1-3-6-20/h1-10,12-13,19,24H,11,14-18H2/t24-/m0/s1. The lowest BCUT2D eigenvalue weighted by molar-refractivity contribution is 0.200. The van der Waals surface area contributed by atoms with E-state index in [0.29, 0.717) is 0 Å². The van der Waals surface area contributed by atoms with E-state index in [2.05, 4.69) is 72.8 Å². The first-order valence-corrected chi connectivity index (χ1v) is 11.6. The summed E-state index contributed by atoms with van der Waals surface area (Å²) in [6.07, 6.45) is 4.55. The summed E-state index contributed by atoms with van der Waals surface area (Å²) in [5, 5.41) is 13.6. The van der Waals surface area contributed by atoms with Crippen molar-refractivity contribution in [3.8, 4) is 0 Å². The number of hydrogen-bond donors (Lipinski definition) is 0. The van der Waals surface area contributed by atoms with Crippen LogP contribution in [0.2, 0.25) is 5.02 Å². The van der Waals surface area contributed by atoms with Crippen LogP contribution in [0.15, 0.2) is 79.1 Å². The molecule has 1 atom stereocenters. The Labute approximate surface area is 198 Å². The van der Waals surface area contributed by atoms with Crippen molar-refractivity contribution in [3.63, 3.8) is 0 Å². The van der Waals surface area contributed by atoms with Crippen LogP contribution in [-0.2, 0) is 13.0 Å². The van der Waals surface area contributed by atoms with Gasteiger partial charge in [-0.05, 0) is 58.3 Å². The van der Waals surface area contributed by atoms with Gasteiger partial charge in [-0.25, -0.2) is 4.68 Å². The summed E-state index contributed by atoms with van der Waals surface area (Å²) in [4.78, 5) is 9.05. The topological polar surface area (TPSA) is 63.0 Å². The van der Waals surface area contributed by atoms with E-state index >= 15 is 0 Å². The number of aromatic nitrogens is 5. The molecule has 7 nitrogen and oxygen atoms in total. The largest absolute Gasteiger partial charge is 0.369 e. The Kier molecular flexibility index (Phi) is 6.60. The molecule has 0 N–H and O–H groups in total. The van der Waals surface area contributed by atoms with Gasteiger partial charge in [0, 0.05) is 55.8 Å². The molecule has 2 aromatic heterocycles. The molecule has 8 heteroatoms. The second-order valence-electron chi connectivity index (χ2n) is 8.18. The highest BCUT2D eigenvalue weighted by Gasteiger charge is 2.30. The van der Waals surface area contributed by atoms with E-state index in [1.165, 1.54) is 5.56 Å². The second kappa shape index (κ2) is 10.1. The summed E-state index contributed by atoms with van der Waals surface area (Å²) in [7, 11) is 0. The zero-order valence-electron chi connectivity index (χ0n) is 18.3. The fourth-order valence-corrected chi connectivity index (χ4v) is 4.61. The van der Waals surface area contributed by atoms with Crippen LogP contribution in [0.5, 0.6) is 0 Å². The molecule has 33 heavy (non-hydrogen) atoms. The minimum Gasteiger partial charge on any atom is -0.369 e. The molecule has 0 unspecified atom stereocenters. The fourth-order valence-electron chi connectivity index (χ4n) is 4.43. The Bertz CT molecular complexity index is 1160. The lowest BCUT2D eigenvalue weighted by Gasteiger charge is -2.39. The molecule has 1 aliphatic heterocycles. The van der Waals surface area contributed by atoms with E-state index in [1.54, 1.807) is 0 Å². The van der Waals surface area contributed by atoms with Gasteiger partial charge in [0.1, 0.15) is 0 Å². The molecule has 2 aromatic carbocycles. The molecule has 168 valence electrons. The summed E-state index contributed by atoms with van der Waals surface area (Å²) in [6, 6.07) is 22.6. The number of benzene rings is 2. The van der Waals surface area contributed by atoms with E-state index in [9.17, 15) is 0 Å². The van der Waals surface area contributed by atoms with Gasteiger partial charge in [0.15, 0.2) is 5.82 Å². The molecule has 0 amide bonds. The molecular formula is C25H26ClN7. The lowest BCUT2D eigenvalue weighted by atomic mass is 10.0. The smallest absolute Gasteiger partial charge is 0.173 e.